The topological polar surface area (TPSA) is 39.2 Å². The van der Waals surface area contributed by atoms with E-state index in [2.05, 4.69) is 353 Å². The van der Waals surface area contributed by atoms with Crippen molar-refractivity contribution < 1.29 is 8.83 Å². The lowest BCUT2D eigenvalue weighted by atomic mass is 9.33. The molecule has 0 fully saturated rings. The third-order valence-electron chi connectivity index (χ3n) is 21.2. The van der Waals surface area contributed by atoms with E-state index in [0.717, 1.165) is 142 Å². The van der Waals surface area contributed by atoms with Gasteiger partial charge in [0.1, 0.15) is 22.3 Å². The summed E-state index contributed by atoms with van der Waals surface area (Å²) in [6.07, 6.45) is 2.15. The van der Waals surface area contributed by atoms with Crippen LogP contribution in [0.15, 0.2) is 300 Å². The Morgan fingerprint density at radius 2 is 0.835 bits per heavy atom. The van der Waals surface area contributed by atoms with E-state index in [1.807, 2.05) is 6.07 Å². The molecule has 15 aromatic rings. The molecule has 97 heavy (non-hydrogen) atoms. The van der Waals surface area contributed by atoms with E-state index >= 15 is 0 Å². The van der Waals surface area contributed by atoms with E-state index in [4.69, 9.17) is 8.83 Å². The number of nitrogens with zero attached hydrogens (tertiary/aromatic N) is 4. The van der Waals surface area contributed by atoms with Gasteiger partial charge in [-0.15, -0.1) is 0 Å². The largest absolute Gasteiger partial charge is 0.456 e. The Morgan fingerprint density at radius 1 is 0.351 bits per heavy atom. The molecule has 0 N–H and O–H groups in total. The molecule has 0 spiro atoms. The van der Waals surface area contributed by atoms with Gasteiger partial charge in [0.25, 0.3) is 6.71 Å². The molecule has 2 aromatic heterocycles. The first-order valence-corrected chi connectivity index (χ1v) is 34.2. The standard InChI is InChI=1S/C90H73BN4O2/c1-88(2,3)61-41-46-74(69(55-61)58-26-13-8-14-27-58)94-76-56-66(92(62-28-15-9-16-29-62)63-30-17-10-18-31-63)42-44-72(76)91-73-45-43-67(93(64-32-19-11-20-33-64)65-34-21-12-22-35-65)57-77(73)95(75-38-25-37-71-86(75)90(6,7)51-50-89(71,4)5)79-54-60(53-78(94)87(79)91)59-40-47-81-70(52-59)85-83(97-81)49-48-82-84(85)68-36-23-24-39-80(68)96-82/h8-49,52-57H,50-51H2,1-7H3. The second-order valence-electron chi connectivity index (χ2n) is 29.1. The fourth-order valence-electron chi connectivity index (χ4n) is 16.3. The van der Waals surface area contributed by atoms with Crippen molar-refractivity contribution in [2.24, 2.45) is 0 Å². The molecule has 7 heteroatoms. The van der Waals surface area contributed by atoms with Gasteiger partial charge in [-0.25, -0.2) is 0 Å². The van der Waals surface area contributed by atoms with E-state index in [9.17, 15) is 0 Å². The Hall–Kier alpha value is -11.3. The molecular formula is C90H73BN4O2. The van der Waals surface area contributed by atoms with Crippen molar-refractivity contribution in [2.75, 3.05) is 19.6 Å². The van der Waals surface area contributed by atoms with E-state index in [0.29, 0.717) is 0 Å². The molecule has 0 atom stereocenters. The Morgan fingerprint density at radius 3 is 1.39 bits per heavy atom. The first-order valence-electron chi connectivity index (χ1n) is 34.2. The Bertz CT molecular complexity index is 5520. The molecule has 6 nitrogen and oxygen atoms in total. The maximum atomic E-state index is 6.86. The first-order chi connectivity index (χ1) is 47.2. The van der Waals surface area contributed by atoms with Gasteiger partial charge in [0.05, 0.1) is 11.4 Å². The minimum Gasteiger partial charge on any atom is -0.456 e. The molecule has 18 rings (SSSR count). The Balaban J connectivity index is 0.994. The molecule has 13 aromatic carbocycles. The van der Waals surface area contributed by atoms with Crippen LogP contribution in [0.5, 0.6) is 0 Å². The lowest BCUT2D eigenvalue weighted by Crippen LogP contribution is -2.61. The quantitative estimate of drug-likeness (QED) is 0.127. The lowest BCUT2D eigenvalue weighted by molar-refractivity contribution is 0.332. The number of hydrogen-bond acceptors (Lipinski definition) is 6. The van der Waals surface area contributed by atoms with Crippen molar-refractivity contribution >= 4 is 135 Å². The van der Waals surface area contributed by atoms with Crippen LogP contribution in [0.4, 0.5) is 68.2 Å². The average Bonchev–Trinajstić information content (AvgIpc) is 1.20. The van der Waals surface area contributed by atoms with Gasteiger partial charge in [0.2, 0.25) is 0 Å². The zero-order chi connectivity index (χ0) is 65.5. The molecule has 0 bridgehead atoms. The van der Waals surface area contributed by atoms with Crippen molar-refractivity contribution in [1.29, 1.82) is 0 Å². The predicted octanol–water partition coefficient (Wildman–Crippen LogP) is 23.5. The fraction of sp³-hybridized carbons (Fsp3) is 0.133. The SMILES string of the molecule is CC(C)(C)c1ccc(N2c3cc(N(c4ccccc4)c4ccccc4)ccc3B3c4ccc(N(c5ccccc5)c5ccccc5)cc4N(c4cccc5c4C(C)(C)CCC5(C)C)c4cc(-c5ccc6oc7ccc8oc9ccccc9c8c7c6c5)cc2c43)c(-c2ccccc2)c1. The van der Waals surface area contributed by atoms with Crippen LogP contribution in [0.1, 0.15) is 78.0 Å². The zero-order valence-electron chi connectivity index (χ0n) is 55.8. The maximum Gasteiger partial charge on any atom is 0.252 e. The number of anilines is 12. The normalized spacial score (nSPS) is 14.4. The van der Waals surface area contributed by atoms with Crippen LogP contribution in [-0.4, -0.2) is 6.71 Å². The first kappa shape index (κ1) is 58.3. The molecule has 0 unspecified atom stereocenters. The molecule has 0 amide bonds. The third kappa shape index (κ3) is 9.45. The van der Waals surface area contributed by atoms with Crippen molar-refractivity contribution in [3.8, 4) is 22.3 Å². The number of fused-ring (bicyclic) bond motifs is 12. The van der Waals surface area contributed by atoms with Crippen LogP contribution in [0, 0.1) is 0 Å². The van der Waals surface area contributed by atoms with Crippen molar-refractivity contribution in [3.63, 3.8) is 0 Å². The van der Waals surface area contributed by atoms with Crippen molar-refractivity contribution in [3.05, 3.63) is 308 Å². The van der Waals surface area contributed by atoms with Gasteiger partial charge in [0, 0.05) is 84.0 Å². The van der Waals surface area contributed by atoms with Crippen LogP contribution in [0.2, 0.25) is 0 Å². The predicted molar refractivity (Wildman–Crippen MR) is 409 cm³/mol. The molecule has 0 radical (unpaired) electrons. The smallest absolute Gasteiger partial charge is 0.252 e. The molecule has 2 aliphatic heterocycles. The second-order valence-corrected chi connectivity index (χ2v) is 29.1. The van der Waals surface area contributed by atoms with Gasteiger partial charge in [-0.1, -0.05) is 206 Å². The van der Waals surface area contributed by atoms with Crippen LogP contribution in [0.3, 0.4) is 0 Å². The number of rotatable bonds is 10. The Labute approximate surface area is 568 Å². The minimum atomic E-state index is -0.218. The van der Waals surface area contributed by atoms with Crippen molar-refractivity contribution in [1.82, 2.24) is 0 Å². The highest BCUT2D eigenvalue weighted by Gasteiger charge is 2.47. The van der Waals surface area contributed by atoms with Gasteiger partial charge < -0.3 is 28.4 Å². The molecule has 0 saturated heterocycles. The third-order valence-corrected chi connectivity index (χ3v) is 21.2. The average molecular weight is 1250 g/mol. The highest BCUT2D eigenvalue weighted by molar-refractivity contribution is 7.00. The lowest BCUT2D eigenvalue weighted by Gasteiger charge is -2.48. The fourth-order valence-corrected chi connectivity index (χ4v) is 16.3. The van der Waals surface area contributed by atoms with E-state index in [1.54, 1.807) is 0 Å². The van der Waals surface area contributed by atoms with Crippen LogP contribution in [-0.2, 0) is 16.2 Å². The molecular weight excluding hydrogens is 1180 g/mol. The van der Waals surface area contributed by atoms with Crippen LogP contribution >= 0.6 is 0 Å². The molecule has 468 valence electrons. The monoisotopic (exact) mass is 1250 g/mol. The maximum absolute atomic E-state index is 6.86. The molecule has 4 heterocycles. The number of para-hydroxylation sites is 5. The van der Waals surface area contributed by atoms with E-state index < -0.39 is 0 Å². The van der Waals surface area contributed by atoms with Gasteiger partial charge in [0.15, 0.2) is 0 Å². The number of furan rings is 2. The molecule has 1 aliphatic carbocycles. The Kier molecular flexibility index (Phi) is 13.3. The van der Waals surface area contributed by atoms with Gasteiger partial charge in [-0.05, 0) is 212 Å². The van der Waals surface area contributed by atoms with Crippen LogP contribution < -0.4 is 36.0 Å². The summed E-state index contributed by atoms with van der Waals surface area (Å²) < 4.78 is 13.4. The molecule has 0 saturated carbocycles. The summed E-state index contributed by atoms with van der Waals surface area (Å²) in [7, 11) is 0. The second kappa shape index (κ2) is 22.2. The number of benzene rings is 13. The summed E-state index contributed by atoms with van der Waals surface area (Å²) >= 11 is 0. The number of hydrogen-bond donors (Lipinski definition) is 0. The minimum absolute atomic E-state index is 0.0645. The van der Waals surface area contributed by atoms with Crippen molar-refractivity contribution in [2.45, 2.75) is 77.6 Å². The molecule has 3 aliphatic rings. The summed E-state index contributed by atoms with van der Waals surface area (Å²) in [5.41, 5.74) is 28.5. The summed E-state index contributed by atoms with van der Waals surface area (Å²) in [6, 6.07) is 108. The van der Waals surface area contributed by atoms with Gasteiger partial charge in [-0.2, -0.15) is 0 Å². The summed E-state index contributed by atoms with van der Waals surface area (Å²) in [4.78, 5) is 10.2. The highest BCUT2D eigenvalue weighted by Crippen LogP contribution is 2.56. The summed E-state index contributed by atoms with van der Waals surface area (Å²) in [5.74, 6) is 0. The van der Waals surface area contributed by atoms with Gasteiger partial charge in [-0.3, -0.25) is 0 Å². The highest BCUT2D eigenvalue weighted by atomic mass is 16.3. The zero-order valence-corrected chi connectivity index (χ0v) is 55.8. The van der Waals surface area contributed by atoms with Crippen LogP contribution in [0.25, 0.3) is 66.1 Å². The van der Waals surface area contributed by atoms with E-state index in [1.165, 1.54) is 38.8 Å². The summed E-state index contributed by atoms with van der Waals surface area (Å²) in [5, 5.41) is 4.24. The van der Waals surface area contributed by atoms with Gasteiger partial charge >= 0.3 is 0 Å². The van der Waals surface area contributed by atoms with E-state index in [-0.39, 0.29) is 23.0 Å². The summed E-state index contributed by atoms with van der Waals surface area (Å²) in [6.45, 7) is 16.6.